The highest BCUT2D eigenvalue weighted by molar-refractivity contribution is 7.13. The molecule has 0 radical (unpaired) electrons. The van der Waals surface area contributed by atoms with Gasteiger partial charge in [0.2, 0.25) is 0 Å². The summed E-state index contributed by atoms with van der Waals surface area (Å²) in [5, 5.41) is 8.41. The SMILES string of the molecule is CC(N)c1cc(-c2cccs2)n[nH]c1=O. The van der Waals surface area contributed by atoms with Gasteiger partial charge in [-0.25, -0.2) is 5.10 Å². The molecule has 4 nitrogen and oxygen atoms in total. The monoisotopic (exact) mass is 221 g/mol. The molecule has 0 spiro atoms. The third-order valence-corrected chi connectivity index (χ3v) is 2.99. The predicted octanol–water partition coefficient (Wildman–Crippen LogP) is 1.52. The van der Waals surface area contributed by atoms with Crippen LogP contribution in [0.2, 0.25) is 0 Å². The first-order valence-electron chi connectivity index (χ1n) is 4.57. The molecule has 5 heteroatoms. The number of nitrogens with zero attached hydrogens (tertiary/aromatic N) is 1. The number of H-pyrrole nitrogens is 1. The van der Waals surface area contributed by atoms with Crippen LogP contribution < -0.4 is 11.3 Å². The molecule has 0 aliphatic rings. The van der Waals surface area contributed by atoms with E-state index in [1.165, 1.54) is 0 Å². The number of thiophene rings is 1. The third-order valence-electron chi connectivity index (χ3n) is 2.10. The van der Waals surface area contributed by atoms with E-state index in [2.05, 4.69) is 10.2 Å². The molecule has 3 N–H and O–H groups in total. The number of aromatic amines is 1. The molecule has 2 heterocycles. The minimum atomic E-state index is -0.282. The van der Waals surface area contributed by atoms with E-state index < -0.39 is 0 Å². The predicted molar refractivity (Wildman–Crippen MR) is 60.8 cm³/mol. The summed E-state index contributed by atoms with van der Waals surface area (Å²) in [6.07, 6.45) is 0. The van der Waals surface area contributed by atoms with Crippen molar-refractivity contribution in [2.24, 2.45) is 5.73 Å². The van der Waals surface area contributed by atoms with Crippen molar-refractivity contribution in [1.82, 2.24) is 10.2 Å². The van der Waals surface area contributed by atoms with Crippen LogP contribution in [0.15, 0.2) is 28.4 Å². The van der Waals surface area contributed by atoms with Crippen LogP contribution in [-0.2, 0) is 0 Å². The number of rotatable bonds is 2. The minimum absolute atomic E-state index is 0.217. The summed E-state index contributed by atoms with van der Waals surface area (Å²) < 4.78 is 0. The van der Waals surface area contributed by atoms with Gasteiger partial charge in [-0.1, -0.05) is 6.07 Å². The summed E-state index contributed by atoms with van der Waals surface area (Å²) in [4.78, 5) is 12.4. The fourth-order valence-corrected chi connectivity index (χ4v) is 2.00. The maximum atomic E-state index is 11.4. The molecule has 2 aromatic rings. The fourth-order valence-electron chi connectivity index (χ4n) is 1.31. The molecule has 0 bridgehead atoms. The van der Waals surface area contributed by atoms with Crippen LogP contribution in [0.3, 0.4) is 0 Å². The summed E-state index contributed by atoms with van der Waals surface area (Å²) in [7, 11) is 0. The van der Waals surface area contributed by atoms with Gasteiger partial charge in [0.25, 0.3) is 5.56 Å². The zero-order valence-corrected chi connectivity index (χ0v) is 9.04. The lowest BCUT2D eigenvalue weighted by Gasteiger charge is -2.04. The molecule has 0 saturated heterocycles. The maximum Gasteiger partial charge on any atom is 0.268 e. The van der Waals surface area contributed by atoms with Crippen LogP contribution in [0.4, 0.5) is 0 Å². The van der Waals surface area contributed by atoms with E-state index in [9.17, 15) is 4.79 Å². The first-order chi connectivity index (χ1) is 7.18. The Balaban J connectivity index is 2.53. The van der Waals surface area contributed by atoms with Gasteiger partial charge in [-0.05, 0) is 24.4 Å². The summed E-state index contributed by atoms with van der Waals surface area (Å²) >= 11 is 1.58. The molecule has 2 aromatic heterocycles. The Morgan fingerprint density at radius 1 is 1.60 bits per heavy atom. The molecule has 0 fully saturated rings. The van der Waals surface area contributed by atoms with Crippen LogP contribution in [-0.4, -0.2) is 10.2 Å². The van der Waals surface area contributed by atoms with Crippen molar-refractivity contribution in [2.45, 2.75) is 13.0 Å². The molecule has 78 valence electrons. The Morgan fingerprint density at radius 3 is 3.00 bits per heavy atom. The minimum Gasteiger partial charge on any atom is -0.324 e. The molecule has 0 aromatic carbocycles. The number of nitrogens with two attached hydrogens (primary N) is 1. The number of nitrogens with one attached hydrogen (secondary N) is 1. The Labute approximate surface area is 90.8 Å². The molecule has 1 atom stereocenters. The molecule has 1 unspecified atom stereocenters. The van der Waals surface area contributed by atoms with Gasteiger partial charge in [-0.15, -0.1) is 11.3 Å². The summed E-state index contributed by atoms with van der Waals surface area (Å²) in [5.41, 5.74) is 6.80. The van der Waals surface area contributed by atoms with Crippen molar-refractivity contribution >= 4 is 11.3 Å². The van der Waals surface area contributed by atoms with E-state index in [0.717, 1.165) is 10.6 Å². The van der Waals surface area contributed by atoms with Crippen LogP contribution in [0.5, 0.6) is 0 Å². The van der Waals surface area contributed by atoms with Crippen molar-refractivity contribution in [3.05, 3.63) is 39.5 Å². The Hall–Kier alpha value is -1.46. The second-order valence-electron chi connectivity index (χ2n) is 3.30. The highest BCUT2D eigenvalue weighted by Gasteiger charge is 2.08. The van der Waals surface area contributed by atoms with E-state index in [4.69, 9.17) is 5.73 Å². The normalized spacial score (nSPS) is 12.7. The molecular formula is C10H11N3OS. The highest BCUT2D eigenvalue weighted by Crippen LogP contribution is 2.22. The molecule has 0 aliphatic carbocycles. The van der Waals surface area contributed by atoms with Gasteiger partial charge in [0.05, 0.1) is 4.88 Å². The van der Waals surface area contributed by atoms with Crippen LogP contribution in [0, 0.1) is 0 Å². The summed E-state index contributed by atoms with van der Waals surface area (Å²) in [6.45, 7) is 1.78. The van der Waals surface area contributed by atoms with Gasteiger partial charge in [0.1, 0.15) is 5.69 Å². The standard InChI is InChI=1S/C10H11N3OS/c1-6(11)7-5-8(12-13-10(7)14)9-3-2-4-15-9/h2-6H,11H2,1H3,(H,13,14). The van der Waals surface area contributed by atoms with Crippen molar-refractivity contribution in [2.75, 3.05) is 0 Å². The van der Waals surface area contributed by atoms with E-state index in [0.29, 0.717) is 5.56 Å². The second-order valence-corrected chi connectivity index (χ2v) is 4.25. The van der Waals surface area contributed by atoms with Crippen molar-refractivity contribution in [3.8, 4) is 10.6 Å². The lowest BCUT2D eigenvalue weighted by atomic mass is 10.1. The maximum absolute atomic E-state index is 11.4. The van der Waals surface area contributed by atoms with E-state index in [1.54, 1.807) is 24.3 Å². The van der Waals surface area contributed by atoms with E-state index in [1.807, 2.05) is 17.5 Å². The molecule has 0 saturated carbocycles. The van der Waals surface area contributed by atoms with Crippen molar-refractivity contribution in [3.63, 3.8) is 0 Å². The molecule has 2 rings (SSSR count). The first kappa shape index (κ1) is 10.1. The van der Waals surface area contributed by atoms with Gasteiger partial charge < -0.3 is 5.73 Å². The number of aromatic nitrogens is 2. The van der Waals surface area contributed by atoms with Gasteiger partial charge in [0.15, 0.2) is 0 Å². The molecule has 0 aliphatic heterocycles. The van der Waals surface area contributed by atoms with E-state index >= 15 is 0 Å². The molecule has 0 amide bonds. The molecule has 15 heavy (non-hydrogen) atoms. The largest absolute Gasteiger partial charge is 0.324 e. The average Bonchev–Trinajstić information content (AvgIpc) is 2.71. The topological polar surface area (TPSA) is 71.8 Å². The Morgan fingerprint density at radius 2 is 2.40 bits per heavy atom. The quantitative estimate of drug-likeness (QED) is 0.807. The average molecular weight is 221 g/mol. The van der Waals surface area contributed by atoms with Gasteiger partial charge >= 0.3 is 0 Å². The summed E-state index contributed by atoms with van der Waals surface area (Å²) in [5.74, 6) is 0. The van der Waals surface area contributed by atoms with Gasteiger partial charge in [0, 0.05) is 11.6 Å². The van der Waals surface area contributed by atoms with E-state index in [-0.39, 0.29) is 11.6 Å². The van der Waals surface area contributed by atoms with Crippen molar-refractivity contribution in [1.29, 1.82) is 0 Å². The second kappa shape index (κ2) is 3.96. The Bertz CT molecular complexity index is 502. The zero-order valence-electron chi connectivity index (χ0n) is 8.23. The number of hydrogen-bond acceptors (Lipinski definition) is 4. The fraction of sp³-hybridized carbons (Fsp3) is 0.200. The van der Waals surface area contributed by atoms with Crippen LogP contribution in [0.25, 0.3) is 10.6 Å². The molecular weight excluding hydrogens is 210 g/mol. The first-order valence-corrected chi connectivity index (χ1v) is 5.45. The Kier molecular flexibility index (Phi) is 2.66. The smallest absolute Gasteiger partial charge is 0.268 e. The van der Waals surface area contributed by atoms with Gasteiger partial charge in [-0.2, -0.15) is 5.10 Å². The van der Waals surface area contributed by atoms with Crippen LogP contribution in [0.1, 0.15) is 18.5 Å². The highest BCUT2D eigenvalue weighted by atomic mass is 32.1. The zero-order chi connectivity index (χ0) is 10.8. The third kappa shape index (κ3) is 1.98. The lowest BCUT2D eigenvalue weighted by molar-refractivity contribution is 0.786. The summed E-state index contributed by atoms with van der Waals surface area (Å²) in [6, 6.07) is 5.36. The van der Waals surface area contributed by atoms with Crippen molar-refractivity contribution < 1.29 is 0 Å². The van der Waals surface area contributed by atoms with Crippen LogP contribution >= 0.6 is 11.3 Å². The van der Waals surface area contributed by atoms with Gasteiger partial charge in [-0.3, -0.25) is 4.79 Å². The number of hydrogen-bond donors (Lipinski definition) is 2. The lowest BCUT2D eigenvalue weighted by Crippen LogP contribution is -2.20.